The Labute approximate surface area is 158 Å². The maximum absolute atomic E-state index is 9.43. The van der Waals surface area contributed by atoms with Gasteiger partial charge in [-0.2, -0.15) is 5.26 Å². The number of benzene rings is 2. The lowest BCUT2D eigenvalue weighted by Crippen LogP contribution is -1.92. The third kappa shape index (κ3) is 4.61. The molecule has 0 N–H and O–H groups in total. The molecule has 3 rings (SSSR count). The van der Waals surface area contributed by atoms with Crippen molar-refractivity contribution in [3.63, 3.8) is 0 Å². The zero-order chi connectivity index (χ0) is 18.9. The van der Waals surface area contributed by atoms with Crippen LogP contribution in [0.2, 0.25) is 0 Å². The molecule has 0 aliphatic heterocycles. The van der Waals surface area contributed by atoms with Crippen molar-refractivity contribution < 1.29 is 0 Å². The van der Waals surface area contributed by atoms with Gasteiger partial charge in [0.25, 0.3) is 0 Å². The average molecular weight is 341 g/mol. The van der Waals surface area contributed by atoms with Gasteiger partial charge in [-0.1, -0.05) is 82.0 Å². The second-order valence-electron chi connectivity index (χ2n) is 6.36. The zero-order valence-corrected chi connectivity index (χ0v) is 16.0. The van der Waals surface area contributed by atoms with Crippen molar-refractivity contribution in [1.82, 2.24) is 0 Å². The molecular weight excluding hydrogens is 314 g/mol. The predicted molar refractivity (Wildman–Crippen MR) is 114 cm³/mol. The molecule has 0 fully saturated rings. The van der Waals surface area contributed by atoms with E-state index in [9.17, 15) is 5.26 Å². The van der Waals surface area contributed by atoms with Crippen molar-refractivity contribution in [1.29, 1.82) is 5.26 Å². The molecule has 2 aromatic carbocycles. The summed E-state index contributed by atoms with van der Waals surface area (Å²) in [7, 11) is 0. The third-order valence-electron chi connectivity index (χ3n) is 4.49. The van der Waals surface area contributed by atoms with Crippen LogP contribution in [0.25, 0.3) is 22.8 Å². The summed E-state index contributed by atoms with van der Waals surface area (Å²) >= 11 is 0. The van der Waals surface area contributed by atoms with Crippen molar-refractivity contribution in [3.05, 3.63) is 84.0 Å². The molecule has 1 unspecified atom stereocenters. The molecule has 0 radical (unpaired) electrons. The van der Waals surface area contributed by atoms with Gasteiger partial charge in [-0.15, -0.1) is 0 Å². The highest BCUT2D eigenvalue weighted by atomic mass is 14.3. The minimum Gasteiger partial charge on any atom is -0.192 e. The molecule has 0 saturated carbocycles. The van der Waals surface area contributed by atoms with E-state index in [4.69, 9.17) is 0 Å². The standard InChI is InChI=1S/C23H21N.C2H6/c1-3-4-5-18-7-10-19(11-8-18)20-12-13-22(16-24)23(15-20)21-9-6-17(2)14-21;1-2/h3-5,7-13,15,17H,1,6,14H2,2H3;1-2H3/b5-4+;. The molecule has 0 spiro atoms. The van der Waals surface area contributed by atoms with Gasteiger partial charge in [-0.3, -0.25) is 0 Å². The van der Waals surface area contributed by atoms with Gasteiger partial charge in [-0.05, 0) is 58.7 Å². The van der Waals surface area contributed by atoms with Gasteiger partial charge in [0.15, 0.2) is 0 Å². The molecule has 1 heteroatoms. The summed E-state index contributed by atoms with van der Waals surface area (Å²) in [5, 5.41) is 9.43. The van der Waals surface area contributed by atoms with E-state index < -0.39 is 0 Å². The van der Waals surface area contributed by atoms with Gasteiger partial charge in [0.2, 0.25) is 0 Å². The topological polar surface area (TPSA) is 23.8 Å². The lowest BCUT2D eigenvalue weighted by Gasteiger charge is -2.10. The molecule has 1 atom stereocenters. The molecule has 0 saturated heterocycles. The Kier molecular flexibility index (Phi) is 7.18. The summed E-state index contributed by atoms with van der Waals surface area (Å²) in [4.78, 5) is 0. The van der Waals surface area contributed by atoms with Crippen LogP contribution in [-0.2, 0) is 0 Å². The number of hydrogen-bond donors (Lipinski definition) is 0. The van der Waals surface area contributed by atoms with Gasteiger partial charge < -0.3 is 0 Å². The number of nitriles is 1. The number of allylic oxidation sites excluding steroid dienone is 4. The highest BCUT2D eigenvalue weighted by Gasteiger charge is 2.17. The van der Waals surface area contributed by atoms with Crippen LogP contribution in [0.15, 0.2) is 67.3 Å². The van der Waals surface area contributed by atoms with Gasteiger partial charge in [-0.25, -0.2) is 0 Å². The van der Waals surface area contributed by atoms with E-state index in [0.717, 1.165) is 35.1 Å². The van der Waals surface area contributed by atoms with Crippen LogP contribution in [0, 0.1) is 17.2 Å². The Balaban J connectivity index is 0.00000117. The Bertz CT molecular complexity index is 845. The van der Waals surface area contributed by atoms with E-state index >= 15 is 0 Å². The second-order valence-corrected chi connectivity index (χ2v) is 6.36. The summed E-state index contributed by atoms with van der Waals surface area (Å²) in [5.74, 6) is 0.672. The van der Waals surface area contributed by atoms with E-state index in [1.54, 1.807) is 6.08 Å². The van der Waals surface area contributed by atoms with Crippen molar-refractivity contribution in [3.8, 4) is 17.2 Å². The first kappa shape index (κ1) is 19.5. The van der Waals surface area contributed by atoms with Crippen LogP contribution < -0.4 is 0 Å². The van der Waals surface area contributed by atoms with Crippen molar-refractivity contribution in [2.24, 2.45) is 5.92 Å². The lowest BCUT2D eigenvalue weighted by atomic mass is 9.93. The first-order chi connectivity index (χ1) is 12.7. The quantitative estimate of drug-likeness (QED) is 0.537. The third-order valence-corrected chi connectivity index (χ3v) is 4.49. The van der Waals surface area contributed by atoms with Gasteiger partial charge in [0.05, 0.1) is 11.6 Å². The van der Waals surface area contributed by atoms with E-state index in [0.29, 0.717) is 5.92 Å². The first-order valence-corrected chi connectivity index (χ1v) is 9.34. The molecule has 132 valence electrons. The zero-order valence-electron chi connectivity index (χ0n) is 16.0. The molecular formula is C25H27N. The lowest BCUT2D eigenvalue weighted by molar-refractivity contribution is 0.642. The molecule has 0 amide bonds. The Hall–Kier alpha value is -2.85. The van der Waals surface area contributed by atoms with Crippen LogP contribution in [0.4, 0.5) is 0 Å². The van der Waals surface area contributed by atoms with Crippen molar-refractivity contribution in [2.75, 3.05) is 0 Å². The minimum absolute atomic E-state index is 0.672. The Morgan fingerprint density at radius 3 is 2.35 bits per heavy atom. The fraction of sp³-hybridized carbons (Fsp3) is 0.240. The van der Waals surface area contributed by atoms with Crippen LogP contribution in [0.3, 0.4) is 0 Å². The van der Waals surface area contributed by atoms with Crippen LogP contribution in [0.1, 0.15) is 50.3 Å². The van der Waals surface area contributed by atoms with Gasteiger partial charge >= 0.3 is 0 Å². The summed E-state index contributed by atoms with van der Waals surface area (Å²) in [5.41, 5.74) is 6.65. The molecule has 1 aliphatic rings. The normalized spacial score (nSPS) is 15.8. The molecule has 2 aromatic rings. The maximum atomic E-state index is 9.43. The summed E-state index contributed by atoms with van der Waals surface area (Å²) in [6.07, 6.45) is 10.2. The number of nitrogens with zero attached hydrogens (tertiary/aromatic N) is 1. The molecule has 1 aliphatic carbocycles. The summed E-state index contributed by atoms with van der Waals surface area (Å²) < 4.78 is 0. The average Bonchev–Trinajstić information content (AvgIpc) is 3.14. The summed E-state index contributed by atoms with van der Waals surface area (Å²) in [6, 6.07) is 16.9. The molecule has 0 bridgehead atoms. The Morgan fingerprint density at radius 2 is 1.77 bits per heavy atom. The molecule has 26 heavy (non-hydrogen) atoms. The van der Waals surface area contributed by atoms with Crippen LogP contribution in [-0.4, -0.2) is 0 Å². The monoisotopic (exact) mass is 341 g/mol. The van der Waals surface area contributed by atoms with Crippen LogP contribution in [0.5, 0.6) is 0 Å². The Morgan fingerprint density at radius 1 is 1.08 bits per heavy atom. The molecule has 0 aromatic heterocycles. The number of rotatable bonds is 4. The fourth-order valence-corrected chi connectivity index (χ4v) is 3.16. The van der Waals surface area contributed by atoms with Gasteiger partial charge in [0, 0.05) is 0 Å². The van der Waals surface area contributed by atoms with Crippen molar-refractivity contribution >= 4 is 11.6 Å². The maximum Gasteiger partial charge on any atom is 0.0998 e. The first-order valence-electron chi connectivity index (χ1n) is 9.34. The number of hydrogen-bond acceptors (Lipinski definition) is 1. The van der Waals surface area contributed by atoms with E-state index in [1.165, 1.54) is 11.1 Å². The fourth-order valence-electron chi connectivity index (χ4n) is 3.16. The highest BCUT2D eigenvalue weighted by molar-refractivity contribution is 5.77. The van der Waals surface area contributed by atoms with E-state index in [-0.39, 0.29) is 0 Å². The van der Waals surface area contributed by atoms with Crippen molar-refractivity contribution in [2.45, 2.75) is 33.6 Å². The molecule has 1 nitrogen and oxygen atoms in total. The summed E-state index contributed by atoms with van der Waals surface area (Å²) in [6.45, 7) is 9.95. The smallest absolute Gasteiger partial charge is 0.0998 e. The van der Waals surface area contributed by atoms with E-state index in [1.807, 2.05) is 38.1 Å². The predicted octanol–water partition coefficient (Wildman–Crippen LogP) is 7.26. The second kappa shape index (κ2) is 9.59. The minimum atomic E-state index is 0.672. The SMILES string of the molecule is C=C/C=C/c1ccc(-c2ccc(C#N)c(C3=CCC(C)C3)c2)cc1.CC. The molecule has 0 heterocycles. The largest absolute Gasteiger partial charge is 0.192 e. The highest BCUT2D eigenvalue weighted by Crippen LogP contribution is 2.35. The van der Waals surface area contributed by atoms with Crippen LogP contribution >= 0.6 is 0 Å². The van der Waals surface area contributed by atoms with E-state index in [2.05, 4.69) is 56.0 Å². The van der Waals surface area contributed by atoms with Gasteiger partial charge in [0.1, 0.15) is 0 Å².